The lowest BCUT2D eigenvalue weighted by atomic mass is 9.95. The topological polar surface area (TPSA) is 63.9 Å². The van der Waals surface area contributed by atoms with E-state index in [0.717, 1.165) is 12.6 Å². The second-order valence-corrected chi connectivity index (χ2v) is 5.74. The fourth-order valence-electron chi connectivity index (χ4n) is 2.34. The van der Waals surface area contributed by atoms with E-state index in [2.05, 4.69) is 15.5 Å². The molecule has 1 heterocycles. The molecule has 0 aliphatic rings. The highest BCUT2D eigenvalue weighted by atomic mass is 19.4. The normalized spacial score (nSPS) is 14.3. The Balaban J connectivity index is 2.50. The van der Waals surface area contributed by atoms with Crippen LogP contribution in [-0.2, 0) is 10.3 Å². The van der Waals surface area contributed by atoms with E-state index in [1.54, 1.807) is 19.1 Å². The zero-order chi connectivity index (χ0) is 18.1. The van der Waals surface area contributed by atoms with E-state index in [1.165, 1.54) is 11.6 Å². The molecule has 6 nitrogen and oxygen atoms in total. The highest BCUT2D eigenvalue weighted by Gasteiger charge is 2.48. The number of benzene rings is 1. The molecule has 1 atom stereocenters. The van der Waals surface area contributed by atoms with Crippen molar-refractivity contribution in [2.24, 2.45) is 0 Å². The number of aryl methyl sites for hydroxylation is 1. The number of halogens is 3. The molecule has 2 rings (SSSR count). The molecule has 0 aliphatic heterocycles. The Kier molecular flexibility index (Phi) is 4.63. The van der Waals surface area contributed by atoms with Crippen molar-refractivity contribution in [1.29, 1.82) is 0 Å². The molecule has 9 heteroatoms. The second kappa shape index (κ2) is 6.21. The predicted octanol–water partition coefficient (Wildman–Crippen LogP) is 2.62. The lowest BCUT2D eigenvalue weighted by molar-refractivity contribution is -0.190. The van der Waals surface area contributed by atoms with E-state index in [9.17, 15) is 18.0 Å². The Labute approximate surface area is 137 Å². The van der Waals surface area contributed by atoms with Gasteiger partial charge in [0.05, 0.1) is 5.69 Å². The van der Waals surface area contributed by atoms with Gasteiger partial charge in [-0.15, -0.1) is 5.10 Å². The number of carbonyl (C=O) groups excluding carboxylic acids is 1. The fourth-order valence-corrected chi connectivity index (χ4v) is 2.34. The summed E-state index contributed by atoms with van der Waals surface area (Å²) in [4.78, 5) is 12.3. The molecule has 1 aromatic heterocycles. The fraction of sp³-hybridized carbons (Fsp3) is 0.467. The first-order valence-corrected chi connectivity index (χ1v) is 7.32. The number of nitrogens with zero attached hydrogens (tertiary/aromatic N) is 5. The summed E-state index contributed by atoms with van der Waals surface area (Å²) in [6.07, 6.45) is -4.76. The maximum atomic E-state index is 12.8. The third-order valence-electron chi connectivity index (χ3n) is 4.21. The number of aromatic nitrogens is 4. The number of hydrogen-bond donors (Lipinski definition) is 0. The van der Waals surface area contributed by atoms with Crippen LogP contribution in [-0.4, -0.2) is 44.2 Å². The van der Waals surface area contributed by atoms with Gasteiger partial charge in [0.15, 0.2) is 5.82 Å². The van der Waals surface area contributed by atoms with Crippen LogP contribution in [0.3, 0.4) is 0 Å². The zero-order valence-corrected chi connectivity index (χ0v) is 13.8. The predicted molar refractivity (Wildman–Crippen MR) is 80.4 cm³/mol. The Bertz CT molecular complexity index is 725. The second-order valence-electron chi connectivity index (χ2n) is 5.74. The molecular weight excluding hydrogens is 323 g/mol. The first-order valence-electron chi connectivity index (χ1n) is 7.32. The van der Waals surface area contributed by atoms with E-state index in [-0.39, 0.29) is 12.2 Å². The Morgan fingerprint density at radius 1 is 1.25 bits per heavy atom. The maximum absolute atomic E-state index is 12.8. The van der Waals surface area contributed by atoms with E-state index >= 15 is 0 Å². The lowest BCUT2D eigenvalue weighted by Gasteiger charge is -2.37. The van der Waals surface area contributed by atoms with Crippen molar-refractivity contribution in [3.63, 3.8) is 0 Å². The molecule has 1 amide bonds. The lowest BCUT2D eigenvalue weighted by Crippen LogP contribution is -2.51. The molecule has 24 heavy (non-hydrogen) atoms. The number of amides is 1. The van der Waals surface area contributed by atoms with Crippen LogP contribution >= 0.6 is 0 Å². The number of rotatable bonds is 4. The third kappa shape index (κ3) is 3.10. The van der Waals surface area contributed by atoms with Gasteiger partial charge in [0.1, 0.15) is 5.54 Å². The highest BCUT2D eigenvalue weighted by molar-refractivity contribution is 5.82. The van der Waals surface area contributed by atoms with Gasteiger partial charge in [-0.25, -0.2) is 0 Å². The van der Waals surface area contributed by atoms with Gasteiger partial charge in [-0.2, -0.15) is 17.9 Å². The summed E-state index contributed by atoms with van der Waals surface area (Å²) >= 11 is 0. The summed E-state index contributed by atoms with van der Waals surface area (Å²) in [6, 6.07) is 7.21. The summed E-state index contributed by atoms with van der Waals surface area (Å²) in [5.74, 6) is -1.78. The van der Waals surface area contributed by atoms with Crippen molar-refractivity contribution < 1.29 is 18.0 Å². The van der Waals surface area contributed by atoms with Crippen LogP contribution in [0.1, 0.15) is 31.7 Å². The molecule has 2 aromatic rings. The average Bonchev–Trinajstić information content (AvgIpc) is 3.02. The summed E-state index contributed by atoms with van der Waals surface area (Å²) in [5.41, 5.74) is 0.310. The van der Waals surface area contributed by atoms with E-state index in [1.807, 2.05) is 19.1 Å². The van der Waals surface area contributed by atoms with Crippen LogP contribution in [0.2, 0.25) is 0 Å². The van der Waals surface area contributed by atoms with E-state index in [0.29, 0.717) is 10.6 Å². The van der Waals surface area contributed by atoms with Gasteiger partial charge >= 0.3 is 12.1 Å². The van der Waals surface area contributed by atoms with Gasteiger partial charge in [0.2, 0.25) is 0 Å². The summed E-state index contributed by atoms with van der Waals surface area (Å²) in [5, 5.41) is 11.3. The first kappa shape index (κ1) is 17.9. The van der Waals surface area contributed by atoms with Crippen molar-refractivity contribution in [2.45, 2.75) is 38.9 Å². The molecular formula is C15H18F3N5O. The molecule has 0 radical (unpaired) electrons. The van der Waals surface area contributed by atoms with Crippen molar-refractivity contribution in [1.82, 2.24) is 25.1 Å². The Morgan fingerprint density at radius 3 is 2.33 bits per heavy atom. The minimum Gasteiger partial charge on any atom is -0.325 e. The zero-order valence-electron chi connectivity index (χ0n) is 13.8. The third-order valence-corrected chi connectivity index (χ3v) is 4.21. The first-order chi connectivity index (χ1) is 11.1. The van der Waals surface area contributed by atoms with Gasteiger partial charge < -0.3 is 4.90 Å². The number of alkyl halides is 3. The smallest absolute Gasteiger partial charge is 0.325 e. The SMILES string of the molecule is CCC(C)(c1nnnn1-c1ccc(C)cc1)N(C)C(=O)C(F)(F)F. The van der Waals surface area contributed by atoms with Crippen molar-refractivity contribution in [3.8, 4) is 5.69 Å². The van der Waals surface area contributed by atoms with E-state index < -0.39 is 17.6 Å². The van der Waals surface area contributed by atoms with Crippen molar-refractivity contribution in [3.05, 3.63) is 35.7 Å². The number of carbonyl (C=O) groups is 1. The molecule has 0 saturated heterocycles. The minimum atomic E-state index is -4.96. The van der Waals surface area contributed by atoms with Gasteiger partial charge in [-0.05, 0) is 42.8 Å². The minimum absolute atomic E-state index is 0.161. The standard InChI is InChI=1S/C15H18F3N5O/c1-5-14(3,22(4)13(24)15(16,17)18)12-19-20-21-23(12)11-8-6-10(2)7-9-11/h6-9H,5H2,1-4H3. The van der Waals surface area contributed by atoms with Crippen LogP contribution < -0.4 is 0 Å². The van der Waals surface area contributed by atoms with Crippen molar-refractivity contribution in [2.75, 3.05) is 7.05 Å². The van der Waals surface area contributed by atoms with Crippen LogP contribution in [0.25, 0.3) is 5.69 Å². The van der Waals surface area contributed by atoms with Gasteiger partial charge in [-0.3, -0.25) is 4.79 Å². The molecule has 0 fully saturated rings. The van der Waals surface area contributed by atoms with Crippen LogP contribution in [0.5, 0.6) is 0 Å². The van der Waals surface area contributed by atoms with Gasteiger partial charge in [-0.1, -0.05) is 24.6 Å². The molecule has 0 bridgehead atoms. The Hall–Kier alpha value is -2.45. The molecule has 1 aromatic carbocycles. The Morgan fingerprint density at radius 2 is 1.83 bits per heavy atom. The molecule has 1 unspecified atom stereocenters. The van der Waals surface area contributed by atoms with Crippen LogP contribution in [0, 0.1) is 6.92 Å². The van der Waals surface area contributed by atoms with Crippen molar-refractivity contribution >= 4 is 5.91 Å². The summed E-state index contributed by atoms with van der Waals surface area (Å²) in [7, 11) is 1.10. The number of hydrogen-bond acceptors (Lipinski definition) is 4. The van der Waals surface area contributed by atoms with Crippen LogP contribution in [0.15, 0.2) is 24.3 Å². The molecule has 130 valence electrons. The number of tetrazole rings is 1. The quantitative estimate of drug-likeness (QED) is 0.857. The average molecular weight is 341 g/mol. The monoisotopic (exact) mass is 341 g/mol. The molecule has 0 aliphatic carbocycles. The van der Waals surface area contributed by atoms with Gasteiger partial charge in [0.25, 0.3) is 0 Å². The molecule has 0 spiro atoms. The summed E-state index contributed by atoms with van der Waals surface area (Å²) < 4.78 is 39.8. The van der Waals surface area contributed by atoms with Gasteiger partial charge in [0, 0.05) is 7.05 Å². The highest BCUT2D eigenvalue weighted by Crippen LogP contribution is 2.33. The largest absolute Gasteiger partial charge is 0.471 e. The maximum Gasteiger partial charge on any atom is 0.471 e. The van der Waals surface area contributed by atoms with Crippen LogP contribution in [0.4, 0.5) is 13.2 Å². The van der Waals surface area contributed by atoms with E-state index in [4.69, 9.17) is 0 Å². The molecule has 0 saturated carbocycles. The molecule has 0 N–H and O–H groups in total. The summed E-state index contributed by atoms with van der Waals surface area (Å²) in [6.45, 7) is 5.09.